The number of fused-ring (bicyclic) bond motifs is 1. The third-order valence-electron chi connectivity index (χ3n) is 5.19. The number of carbonyl (C=O) groups is 1. The molecule has 4 rings (SSSR count). The number of aromatic nitrogens is 1. The Labute approximate surface area is 192 Å². The van der Waals surface area contributed by atoms with Gasteiger partial charge in [0.15, 0.2) is 10.7 Å². The quantitative estimate of drug-likeness (QED) is 0.393. The van der Waals surface area contributed by atoms with E-state index in [9.17, 15) is 4.79 Å². The van der Waals surface area contributed by atoms with Gasteiger partial charge in [0.2, 0.25) is 11.8 Å². The molecule has 0 atom stereocenters. The highest BCUT2D eigenvalue weighted by Crippen LogP contribution is 2.27. The lowest BCUT2D eigenvalue weighted by atomic mass is 10.0. The van der Waals surface area contributed by atoms with Crippen LogP contribution in [-0.4, -0.2) is 16.0 Å². The molecule has 0 spiro atoms. The van der Waals surface area contributed by atoms with Gasteiger partial charge in [-0.3, -0.25) is 4.79 Å². The lowest BCUT2D eigenvalue weighted by Crippen LogP contribution is -2.39. The summed E-state index contributed by atoms with van der Waals surface area (Å²) in [6.07, 6.45) is 0.292. The number of nitrogens with zero attached hydrogens (tertiary/aromatic N) is 1. The Morgan fingerprint density at radius 2 is 1.75 bits per heavy atom. The van der Waals surface area contributed by atoms with Crippen molar-refractivity contribution in [3.63, 3.8) is 0 Å². The molecule has 0 aliphatic rings. The minimum atomic E-state index is -0.138. The smallest absolute Gasteiger partial charge is 0.230 e. The molecule has 0 bridgehead atoms. The number of carbonyl (C=O) groups excluding carboxylic acids is 1. The average molecular weight is 444 g/mol. The van der Waals surface area contributed by atoms with Crippen LogP contribution in [0.5, 0.6) is 0 Å². The van der Waals surface area contributed by atoms with Gasteiger partial charge in [-0.15, -0.1) is 0 Å². The van der Waals surface area contributed by atoms with Gasteiger partial charge < -0.3 is 15.1 Å². The zero-order valence-corrected chi connectivity index (χ0v) is 18.9. The van der Waals surface area contributed by atoms with Gasteiger partial charge >= 0.3 is 0 Å². The normalized spacial score (nSPS) is 11.0. The summed E-state index contributed by atoms with van der Waals surface area (Å²) in [5.41, 5.74) is 5.79. The maximum atomic E-state index is 12.1. The molecule has 5 nitrogen and oxygen atoms in total. The van der Waals surface area contributed by atoms with Crippen LogP contribution in [0.25, 0.3) is 22.6 Å². The highest BCUT2D eigenvalue weighted by atomic mass is 32.1. The monoisotopic (exact) mass is 443 g/mol. The van der Waals surface area contributed by atoms with Crippen molar-refractivity contribution in [1.29, 1.82) is 0 Å². The van der Waals surface area contributed by atoms with Crippen LogP contribution < -0.4 is 10.6 Å². The van der Waals surface area contributed by atoms with E-state index in [-0.39, 0.29) is 5.91 Å². The summed E-state index contributed by atoms with van der Waals surface area (Å²) in [7, 11) is 0. The van der Waals surface area contributed by atoms with Gasteiger partial charge in [0.1, 0.15) is 5.52 Å². The molecule has 2 N–H and O–H groups in total. The van der Waals surface area contributed by atoms with Crippen molar-refractivity contribution in [2.45, 2.75) is 32.7 Å². The highest BCUT2D eigenvalue weighted by Gasteiger charge is 2.10. The molecule has 3 aromatic carbocycles. The van der Waals surface area contributed by atoms with Crippen LogP contribution in [0.2, 0.25) is 0 Å². The van der Waals surface area contributed by atoms with Crippen LogP contribution in [-0.2, 0) is 17.8 Å². The first-order valence-electron chi connectivity index (χ1n) is 10.6. The molecular weight excluding hydrogens is 418 g/mol. The van der Waals surface area contributed by atoms with Crippen molar-refractivity contribution in [2.24, 2.45) is 0 Å². The fraction of sp³-hybridized carbons (Fsp3) is 0.192. The van der Waals surface area contributed by atoms with Gasteiger partial charge in [0.25, 0.3) is 0 Å². The number of thiocarbonyl (C=S) groups is 1. The van der Waals surface area contributed by atoms with Crippen LogP contribution in [0.4, 0.5) is 0 Å². The Kier molecular flexibility index (Phi) is 6.61. The van der Waals surface area contributed by atoms with E-state index in [2.05, 4.69) is 41.6 Å². The van der Waals surface area contributed by atoms with E-state index >= 15 is 0 Å². The molecule has 0 aliphatic carbocycles. The summed E-state index contributed by atoms with van der Waals surface area (Å²) in [5, 5.41) is 6.11. The predicted octanol–water partition coefficient (Wildman–Crippen LogP) is 5.35. The van der Waals surface area contributed by atoms with E-state index < -0.39 is 0 Å². The third kappa shape index (κ3) is 5.39. The molecule has 1 amide bonds. The molecular formula is C26H25N3O2S. The van der Waals surface area contributed by atoms with Crippen LogP contribution in [0.15, 0.2) is 77.2 Å². The maximum absolute atomic E-state index is 12.1. The molecule has 1 heterocycles. The van der Waals surface area contributed by atoms with Crippen molar-refractivity contribution in [3.05, 3.63) is 89.5 Å². The molecule has 162 valence electrons. The van der Waals surface area contributed by atoms with Crippen LogP contribution >= 0.6 is 12.2 Å². The second-order valence-corrected chi connectivity index (χ2v) is 8.40. The van der Waals surface area contributed by atoms with Crippen molar-refractivity contribution < 1.29 is 9.21 Å². The molecule has 0 aliphatic heterocycles. The van der Waals surface area contributed by atoms with Crippen molar-refractivity contribution in [1.82, 2.24) is 15.6 Å². The summed E-state index contributed by atoms with van der Waals surface area (Å²) in [5.74, 6) is 0.908. The number of amides is 1. The number of nitrogens with one attached hydrogen (secondary N) is 2. The van der Waals surface area contributed by atoms with Crippen molar-refractivity contribution in [2.75, 3.05) is 0 Å². The van der Waals surface area contributed by atoms with Crippen LogP contribution in [0, 0.1) is 0 Å². The van der Waals surface area contributed by atoms with Gasteiger partial charge in [-0.25, -0.2) is 4.98 Å². The zero-order valence-electron chi connectivity index (χ0n) is 18.1. The predicted molar refractivity (Wildman–Crippen MR) is 131 cm³/mol. The molecule has 1 aromatic heterocycles. The number of hydrogen-bond acceptors (Lipinski definition) is 4. The molecule has 0 fully saturated rings. The van der Waals surface area contributed by atoms with Crippen LogP contribution in [0.1, 0.15) is 36.5 Å². The fourth-order valence-corrected chi connectivity index (χ4v) is 3.56. The average Bonchev–Trinajstić information content (AvgIpc) is 3.22. The Balaban J connectivity index is 1.33. The van der Waals surface area contributed by atoms with Gasteiger partial charge in [-0.05, 0) is 59.1 Å². The summed E-state index contributed by atoms with van der Waals surface area (Å²) in [6.45, 7) is 4.83. The van der Waals surface area contributed by atoms with E-state index in [0.717, 1.165) is 27.8 Å². The van der Waals surface area contributed by atoms with E-state index in [1.807, 2.05) is 60.7 Å². The second kappa shape index (κ2) is 9.75. The second-order valence-electron chi connectivity index (χ2n) is 7.99. The van der Waals surface area contributed by atoms with Gasteiger partial charge in [-0.2, -0.15) is 0 Å². The summed E-state index contributed by atoms with van der Waals surface area (Å²) < 4.78 is 5.92. The standard InChI is InChI=1S/C26H25N3O2S/c1-17(2)21-12-13-23-22(15-21)28-25(31-23)20-10-8-19(9-11-20)16-27-26(32)29-24(30)14-18-6-4-3-5-7-18/h3-13,15,17H,14,16H2,1-2H3,(H2,27,29,30,32). The first kappa shape index (κ1) is 21.7. The lowest BCUT2D eigenvalue weighted by molar-refractivity contribution is -0.119. The van der Waals surface area contributed by atoms with Gasteiger partial charge in [-0.1, -0.05) is 62.4 Å². The lowest BCUT2D eigenvalue weighted by Gasteiger charge is -2.10. The SMILES string of the molecule is CC(C)c1ccc2oc(-c3ccc(CNC(=S)NC(=O)Cc4ccccc4)cc3)nc2c1. The molecule has 0 radical (unpaired) electrons. The Morgan fingerprint density at radius 1 is 1.00 bits per heavy atom. The van der Waals surface area contributed by atoms with Crippen molar-refractivity contribution >= 4 is 34.3 Å². The largest absolute Gasteiger partial charge is 0.436 e. The number of rotatable bonds is 6. The number of oxazole rings is 1. The van der Waals surface area contributed by atoms with Gasteiger partial charge in [0, 0.05) is 12.1 Å². The Hall–Kier alpha value is -3.51. The molecule has 32 heavy (non-hydrogen) atoms. The van der Waals surface area contributed by atoms with E-state index in [4.69, 9.17) is 16.6 Å². The Bertz CT molecular complexity index is 1230. The first-order valence-corrected chi connectivity index (χ1v) is 11.0. The van der Waals surface area contributed by atoms with Crippen molar-refractivity contribution in [3.8, 4) is 11.5 Å². The van der Waals surface area contributed by atoms with E-state index in [1.165, 1.54) is 5.56 Å². The van der Waals surface area contributed by atoms with Gasteiger partial charge in [0.05, 0.1) is 6.42 Å². The molecule has 4 aromatic rings. The summed E-state index contributed by atoms with van der Waals surface area (Å²) >= 11 is 5.25. The summed E-state index contributed by atoms with van der Waals surface area (Å²) in [6, 6.07) is 23.6. The zero-order chi connectivity index (χ0) is 22.5. The minimum Gasteiger partial charge on any atom is -0.436 e. The molecule has 6 heteroatoms. The first-order chi connectivity index (χ1) is 15.5. The minimum absolute atomic E-state index is 0.138. The number of hydrogen-bond donors (Lipinski definition) is 2. The topological polar surface area (TPSA) is 67.2 Å². The molecule has 0 saturated heterocycles. The van der Waals surface area contributed by atoms with E-state index in [0.29, 0.717) is 29.9 Å². The van der Waals surface area contributed by atoms with Crippen LogP contribution in [0.3, 0.4) is 0 Å². The van der Waals surface area contributed by atoms with E-state index in [1.54, 1.807) is 0 Å². The Morgan fingerprint density at radius 3 is 2.47 bits per heavy atom. The molecule has 0 unspecified atom stereocenters. The third-order valence-corrected chi connectivity index (χ3v) is 5.44. The highest BCUT2D eigenvalue weighted by molar-refractivity contribution is 7.80. The number of benzene rings is 3. The molecule has 0 saturated carbocycles. The maximum Gasteiger partial charge on any atom is 0.230 e. The summed E-state index contributed by atoms with van der Waals surface area (Å²) in [4.78, 5) is 16.8. The fourth-order valence-electron chi connectivity index (χ4n) is 3.37.